The third-order valence-electron chi connectivity index (χ3n) is 4.31. The van der Waals surface area contributed by atoms with Crippen molar-refractivity contribution >= 4 is 5.69 Å². The van der Waals surface area contributed by atoms with Crippen molar-refractivity contribution in [1.82, 2.24) is 5.32 Å². The van der Waals surface area contributed by atoms with Crippen molar-refractivity contribution in [3.05, 3.63) is 29.3 Å². The molecule has 1 aromatic rings. The van der Waals surface area contributed by atoms with Crippen LogP contribution in [0.4, 0.5) is 5.69 Å². The van der Waals surface area contributed by atoms with Gasteiger partial charge in [0.15, 0.2) is 0 Å². The first-order chi connectivity index (χ1) is 9.08. The molecule has 0 saturated carbocycles. The largest absolute Gasteiger partial charge is 0.384 e. The van der Waals surface area contributed by atoms with Gasteiger partial charge in [0, 0.05) is 18.8 Å². The second-order valence-electron chi connectivity index (χ2n) is 6.45. The molecule has 1 aliphatic rings. The number of hydrogen-bond donors (Lipinski definition) is 2. The molecule has 0 bridgehead atoms. The molecule has 0 saturated heterocycles. The quantitative estimate of drug-likeness (QED) is 0.815. The van der Waals surface area contributed by atoms with Crippen LogP contribution in [0.3, 0.4) is 0 Å². The molecule has 1 heterocycles. The van der Waals surface area contributed by atoms with Crippen LogP contribution in [0.2, 0.25) is 0 Å². The lowest BCUT2D eigenvalue weighted by molar-refractivity contribution is 0.275. The maximum atomic E-state index is 3.63. The molecule has 0 atom stereocenters. The van der Waals surface area contributed by atoms with Crippen LogP contribution >= 0.6 is 0 Å². The Morgan fingerprint density at radius 3 is 2.58 bits per heavy atom. The first-order valence-corrected chi connectivity index (χ1v) is 7.64. The Morgan fingerprint density at radius 1 is 1.16 bits per heavy atom. The lowest BCUT2D eigenvalue weighted by Crippen LogP contribution is -2.29. The third kappa shape index (κ3) is 3.73. The van der Waals surface area contributed by atoms with Crippen molar-refractivity contribution in [1.29, 1.82) is 0 Å². The van der Waals surface area contributed by atoms with Crippen LogP contribution in [0.25, 0.3) is 0 Å². The van der Waals surface area contributed by atoms with Gasteiger partial charge in [0.1, 0.15) is 0 Å². The Kier molecular flexibility index (Phi) is 4.87. The van der Waals surface area contributed by atoms with Gasteiger partial charge in [0.05, 0.1) is 0 Å². The highest BCUT2D eigenvalue weighted by Crippen LogP contribution is 2.23. The smallest absolute Gasteiger partial charge is 0.0376 e. The maximum absolute atomic E-state index is 3.63. The van der Waals surface area contributed by atoms with E-state index in [0.717, 1.165) is 37.4 Å². The number of benzene rings is 1. The molecule has 2 heteroatoms. The Morgan fingerprint density at radius 2 is 1.89 bits per heavy atom. The second kappa shape index (κ2) is 6.42. The van der Waals surface area contributed by atoms with Gasteiger partial charge in [-0.2, -0.15) is 0 Å². The van der Waals surface area contributed by atoms with Gasteiger partial charge in [-0.3, -0.25) is 0 Å². The summed E-state index contributed by atoms with van der Waals surface area (Å²) in [4.78, 5) is 0. The van der Waals surface area contributed by atoms with Crippen LogP contribution in [-0.4, -0.2) is 13.1 Å². The number of fused-ring (bicyclic) bond motifs is 1. The van der Waals surface area contributed by atoms with E-state index in [2.05, 4.69) is 56.5 Å². The van der Waals surface area contributed by atoms with Crippen molar-refractivity contribution < 1.29 is 0 Å². The minimum Gasteiger partial charge on any atom is -0.384 e. The van der Waals surface area contributed by atoms with E-state index in [9.17, 15) is 0 Å². The van der Waals surface area contributed by atoms with E-state index in [0.29, 0.717) is 0 Å². The van der Waals surface area contributed by atoms with E-state index in [1.54, 1.807) is 0 Å². The molecule has 0 aliphatic carbocycles. The zero-order valence-corrected chi connectivity index (χ0v) is 12.8. The van der Waals surface area contributed by atoms with Crippen LogP contribution in [0.5, 0.6) is 0 Å². The van der Waals surface area contributed by atoms with Crippen molar-refractivity contribution in [2.45, 2.75) is 40.7 Å². The van der Waals surface area contributed by atoms with Crippen molar-refractivity contribution in [2.24, 2.45) is 17.8 Å². The summed E-state index contributed by atoms with van der Waals surface area (Å²) in [5.74, 6) is 2.25. The van der Waals surface area contributed by atoms with E-state index >= 15 is 0 Å². The van der Waals surface area contributed by atoms with Gasteiger partial charge in [-0.15, -0.1) is 0 Å². The molecule has 2 nitrogen and oxygen atoms in total. The number of hydrogen-bond acceptors (Lipinski definition) is 2. The summed E-state index contributed by atoms with van der Waals surface area (Å²) >= 11 is 0. The molecule has 2 N–H and O–H groups in total. The molecule has 1 aromatic carbocycles. The van der Waals surface area contributed by atoms with Gasteiger partial charge in [0.25, 0.3) is 0 Å². The summed E-state index contributed by atoms with van der Waals surface area (Å²) in [6.07, 6.45) is 1.17. The van der Waals surface area contributed by atoms with E-state index in [-0.39, 0.29) is 0 Å². The molecule has 0 fully saturated rings. The highest BCUT2D eigenvalue weighted by atomic mass is 14.9. The highest BCUT2D eigenvalue weighted by molar-refractivity contribution is 5.56. The van der Waals surface area contributed by atoms with Gasteiger partial charge < -0.3 is 10.6 Å². The number of rotatable bonds is 6. The first-order valence-electron chi connectivity index (χ1n) is 7.64. The van der Waals surface area contributed by atoms with Crippen LogP contribution in [0.1, 0.15) is 38.8 Å². The summed E-state index contributed by atoms with van der Waals surface area (Å²) in [6, 6.07) is 6.84. The molecule has 0 radical (unpaired) electrons. The monoisotopic (exact) mass is 260 g/mol. The minimum atomic E-state index is 0.745. The van der Waals surface area contributed by atoms with Gasteiger partial charge in [-0.1, -0.05) is 39.8 Å². The van der Waals surface area contributed by atoms with Crippen molar-refractivity contribution in [3.63, 3.8) is 0 Å². The van der Waals surface area contributed by atoms with Crippen LogP contribution in [-0.2, 0) is 13.0 Å². The SMILES string of the molecule is CC(C)C(CNCc1ccc2c(c1)NCC2)C(C)C. The molecule has 0 aromatic heterocycles. The minimum absolute atomic E-state index is 0.745. The fraction of sp³-hybridized carbons (Fsp3) is 0.647. The van der Waals surface area contributed by atoms with E-state index < -0.39 is 0 Å². The fourth-order valence-electron chi connectivity index (χ4n) is 3.07. The molecular formula is C17H28N2. The molecule has 19 heavy (non-hydrogen) atoms. The molecule has 2 rings (SSSR count). The predicted molar refractivity (Wildman–Crippen MR) is 83.5 cm³/mol. The standard InChI is InChI=1S/C17H28N2/c1-12(2)16(13(3)4)11-18-10-14-5-6-15-7-8-19-17(15)9-14/h5-6,9,12-13,16,18-19H,7-8,10-11H2,1-4H3. The first kappa shape index (κ1) is 14.4. The summed E-state index contributed by atoms with van der Waals surface area (Å²) in [6.45, 7) is 12.5. The normalized spacial score (nSPS) is 14.3. The second-order valence-corrected chi connectivity index (χ2v) is 6.45. The van der Waals surface area contributed by atoms with Crippen LogP contribution in [0.15, 0.2) is 18.2 Å². The average Bonchev–Trinajstić information content (AvgIpc) is 2.80. The number of nitrogens with one attached hydrogen (secondary N) is 2. The topological polar surface area (TPSA) is 24.1 Å². The molecule has 0 amide bonds. The summed E-state index contributed by atoms with van der Waals surface area (Å²) < 4.78 is 0. The van der Waals surface area contributed by atoms with Gasteiger partial charge in [-0.05, 0) is 47.9 Å². The Labute approximate surface area is 118 Å². The zero-order valence-electron chi connectivity index (χ0n) is 12.8. The summed E-state index contributed by atoms with van der Waals surface area (Å²) in [7, 11) is 0. The molecule has 106 valence electrons. The van der Waals surface area contributed by atoms with Crippen LogP contribution in [0, 0.1) is 17.8 Å². The average molecular weight is 260 g/mol. The van der Waals surface area contributed by atoms with Crippen molar-refractivity contribution in [3.8, 4) is 0 Å². The predicted octanol–water partition coefficient (Wildman–Crippen LogP) is 3.67. The van der Waals surface area contributed by atoms with Gasteiger partial charge in [-0.25, -0.2) is 0 Å². The zero-order chi connectivity index (χ0) is 13.8. The van der Waals surface area contributed by atoms with Crippen LogP contribution < -0.4 is 10.6 Å². The maximum Gasteiger partial charge on any atom is 0.0376 e. The fourth-order valence-corrected chi connectivity index (χ4v) is 3.07. The Bertz CT molecular complexity index is 402. The summed E-state index contributed by atoms with van der Waals surface area (Å²) in [5.41, 5.74) is 4.19. The third-order valence-corrected chi connectivity index (χ3v) is 4.31. The highest BCUT2D eigenvalue weighted by Gasteiger charge is 2.17. The van der Waals surface area contributed by atoms with Crippen molar-refractivity contribution in [2.75, 3.05) is 18.4 Å². The van der Waals surface area contributed by atoms with E-state index in [1.807, 2.05) is 0 Å². The van der Waals surface area contributed by atoms with Gasteiger partial charge >= 0.3 is 0 Å². The molecule has 0 spiro atoms. The summed E-state index contributed by atoms with van der Waals surface area (Å²) in [5, 5.41) is 7.08. The van der Waals surface area contributed by atoms with E-state index in [4.69, 9.17) is 0 Å². The Hall–Kier alpha value is -1.02. The molecule has 0 unspecified atom stereocenters. The van der Waals surface area contributed by atoms with E-state index in [1.165, 1.54) is 23.2 Å². The number of anilines is 1. The molecular weight excluding hydrogens is 232 g/mol. The Balaban J connectivity index is 1.85. The van der Waals surface area contributed by atoms with Gasteiger partial charge in [0.2, 0.25) is 0 Å². The molecule has 1 aliphatic heterocycles. The lowest BCUT2D eigenvalue weighted by atomic mass is 9.85. The lowest BCUT2D eigenvalue weighted by Gasteiger charge is -2.25.